The van der Waals surface area contributed by atoms with Crippen LogP contribution >= 0.6 is 0 Å². The molecule has 0 bridgehead atoms. The largest absolute Gasteiger partial charge is 0.383 e. The fourth-order valence-corrected chi connectivity index (χ4v) is 6.96. The average molecular weight is 521 g/mol. The maximum absolute atomic E-state index is 13.6. The van der Waals surface area contributed by atoms with E-state index < -0.39 is 30.8 Å². The molecule has 0 saturated carbocycles. The van der Waals surface area contributed by atoms with Gasteiger partial charge in [-0.1, -0.05) is 0 Å². The number of nitrogens with zero attached hydrogens (tertiary/aromatic N) is 3. The number of hydroxylamine groups is 1. The molecule has 2 heterocycles. The molecule has 2 fully saturated rings. The van der Waals surface area contributed by atoms with Crippen LogP contribution in [0.25, 0.3) is 0 Å². The van der Waals surface area contributed by atoms with Crippen LogP contribution in [0.15, 0.2) is 24.3 Å². The van der Waals surface area contributed by atoms with Crippen molar-refractivity contribution in [1.82, 2.24) is 14.7 Å². The molecule has 0 spiro atoms. The van der Waals surface area contributed by atoms with Gasteiger partial charge in [0.15, 0.2) is 4.75 Å². The summed E-state index contributed by atoms with van der Waals surface area (Å²) in [6.45, 7) is 3.09. The molecule has 14 heteroatoms. The Bertz CT molecular complexity index is 1050. The number of anilines is 1. The topological polar surface area (TPSA) is 146 Å². The summed E-state index contributed by atoms with van der Waals surface area (Å²) < 4.78 is 59.3. The molecule has 2 saturated heterocycles. The third-order valence-electron chi connectivity index (χ3n) is 6.31. The van der Waals surface area contributed by atoms with Gasteiger partial charge in [0.1, 0.15) is 5.75 Å². The molecule has 2 aliphatic rings. The number of piperidine rings is 1. The minimum atomic E-state index is -4.04. The zero-order chi connectivity index (χ0) is 25.0. The molecule has 1 aromatic carbocycles. The van der Waals surface area contributed by atoms with Crippen LogP contribution in [0.4, 0.5) is 5.69 Å². The summed E-state index contributed by atoms with van der Waals surface area (Å²) in [6, 6.07) is 6.50. The maximum Gasteiger partial charge on any atom is 0.306 e. The van der Waals surface area contributed by atoms with E-state index in [9.17, 15) is 26.8 Å². The van der Waals surface area contributed by atoms with E-state index in [1.165, 1.54) is 16.4 Å². The Labute approximate surface area is 200 Å². The molecule has 0 aromatic heterocycles. The highest BCUT2D eigenvalue weighted by Gasteiger charge is 2.55. The van der Waals surface area contributed by atoms with Crippen LogP contribution in [-0.4, -0.2) is 108 Å². The SMILES string of the molecule is COCCN1CCC(C(=O)NO)(S(=O)(=O)N2CCN(c3ccc(OS(C)(=O)=O)cc3)CC2)CC1. The van der Waals surface area contributed by atoms with E-state index in [0.717, 1.165) is 11.9 Å². The molecule has 1 amide bonds. The molecular weight excluding hydrogens is 488 g/mol. The van der Waals surface area contributed by atoms with Crippen molar-refractivity contribution >= 4 is 31.7 Å². The fraction of sp³-hybridized carbons (Fsp3) is 0.650. The summed E-state index contributed by atoms with van der Waals surface area (Å²) in [5.74, 6) is -0.705. The second kappa shape index (κ2) is 10.7. The lowest BCUT2D eigenvalue weighted by atomic mass is 9.95. The van der Waals surface area contributed by atoms with Gasteiger partial charge < -0.3 is 18.7 Å². The number of piperazine rings is 1. The van der Waals surface area contributed by atoms with Crippen molar-refractivity contribution in [1.29, 1.82) is 0 Å². The first kappa shape index (κ1) is 26.6. The second-order valence-electron chi connectivity index (χ2n) is 8.44. The summed E-state index contributed by atoms with van der Waals surface area (Å²) in [5.41, 5.74) is 2.38. The van der Waals surface area contributed by atoms with Crippen molar-refractivity contribution < 1.29 is 35.8 Å². The Hall–Kier alpha value is -1.97. The number of amides is 1. The zero-order valence-electron chi connectivity index (χ0n) is 19.3. The standard InChI is InChI=1S/C20H32N4O8S2/c1-31-16-15-22-9-7-20(8-10-22,19(25)21-26)34(29,30)24-13-11-23(12-14-24)17-3-5-18(6-4-17)32-33(2,27)28/h3-6,26H,7-16H2,1-2H3,(H,21,25). The van der Waals surface area contributed by atoms with Crippen LogP contribution in [0.1, 0.15) is 12.8 Å². The normalized spacial score (nSPS) is 20.1. The number of carbonyl (C=O) groups excluding carboxylic acids is 1. The third kappa shape index (κ3) is 5.80. The zero-order valence-corrected chi connectivity index (χ0v) is 21.0. The van der Waals surface area contributed by atoms with Crippen LogP contribution in [0.2, 0.25) is 0 Å². The number of hydrogen-bond acceptors (Lipinski definition) is 10. The maximum atomic E-state index is 13.6. The van der Waals surface area contributed by atoms with Crippen molar-refractivity contribution in [3.63, 3.8) is 0 Å². The number of methoxy groups -OCH3 is 1. The van der Waals surface area contributed by atoms with Crippen molar-refractivity contribution in [2.45, 2.75) is 17.6 Å². The van der Waals surface area contributed by atoms with E-state index in [0.29, 0.717) is 39.3 Å². The first-order chi connectivity index (χ1) is 16.0. The number of rotatable bonds is 9. The van der Waals surface area contributed by atoms with E-state index in [2.05, 4.69) is 0 Å². The Kier molecular flexibility index (Phi) is 8.42. The molecule has 12 nitrogen and oxygen atoms in total. The molecule has 2 N–H and O–H groups in total. The smallest absolute Gasteiger partial charge is 0.306 e. The van der Waals surface area contributed by atoms with Gasteiger partial charge in [0, 0.05) is 58.6 Å². The highest BCUT2D eigenvalue weighted by Crippen LogP contribution is 2.34. The quantitative estimate of drug-likeness (QED) is 0.247. The lowest BCUT2D eigenvalue weighted by Crippen LogP contribution is -2.63. The number of benzene rings is 1. The molecule has 3 rings (SSSR count). The first-order valence-corrected chi connectivity index (χ1v) is 14.2. The monoisotopic (exact) mass is 520 g/mol. The van der Waals surface area contributed by atoms with Crippen LogP contribution in [0.3, 0.4) is 0 Å². The molecule has 0 atom stereocenters. The van der Waals surface area contributed by atoms with Gasteiger partial charge in [0.2, 0.25) is 10.0 Å². The minimum absolute atomic E-state index is 0.0768. The first-order valence-electron chi connectivity index (χ1n) is 10.9. The van der Waals surface area contributed by atoms with Gasteiger partial charge in [-0.15, -0.1) is 0 Å². The summed E-state index contributed by atoms with van der Waals surface area (Å²) in [5, 5.41) is 9.33. The van der Waals surface area contributed by atoms with Gasteiger partial charge in [-0.3, -0.25) is 10.0 Å². The van der Waals surface area contributed by atoms with Crippen molar-refractivity contribution in [2.24, 2.45) is 0 Å². The van der Waals surface area contributed by atoms with Gasteiger partial charge in [-0.2, -0.15) is 12.7 Å². The Balaban J connectivity index is 1.68. The molecule has 0 radical (unpaired) electrons. The summed E-state index contributed by atoms with van der Waals surface area (Å²) >= 11 is 0. The number of ether oxygens (including phenoxy) is 1. The van der Waals surface area contributed by atoms with E-state index >= 15 is 0 Å². The van der Waals surface area contributed by atoms with E-state index in [1.54, 1.807) is 24.7 Å². The Morgan fingerprint density at radius 3 is 2.12 bits per heavy atom. The van der Waals surface area contributed by atoms with Crippen LogP contribution in [0.5, 0.6) is 5.75 Å². The molecular formula is C20H32N4O8S2. The van der Waals surface area contributed by atoms with Crippen LogP contribution in [0, 0.1) is 0 Å². The van der Waals surface area contributed by atoms with E-state index in [4.69, 9.17) is 8.92 Å². The lowest BCUT2D eigenvalue weighted by Gasteiger charge is -2.44. The molecule has 34 heavy (non-hydrogen) atoms. The number of hydrogen-bond donors (Lipinski definition) is 2. The molecule has 0 aliphatic carbocycles. The van der Waals surface area contributed by atoms with Crippen molar-refractivity contribution in [3.05, 3.63) is 24.3 Å². The highest BCUT2D eigenvalue weighted by atomic mass is 32.2. The van der Waals surface area contributed by atoms with Crippen molar-refractivity contribution in [2.75, 3.05) is 70.7 Å². The van der Waals surface area contributed by atoms with E-state index in [-0.39, 0.29) is 31.7 Å². The molecule has 2 aliphatic heterocycles. The second-order valence-corrected chi connectivity index (χ2v) is 12.3. The lowest BCUT2D eigenvalue weighted by molar-refractivity contribution is -0.133. The van der Waals surface area contributed by atoms with Gasteiger partial charge >= 0.3 is 10.1 Å². The molecule has 0 unspecified atom stereocenters. The van der Waals surface area contributed by atoms with Crippen molar-refractivity contribution in [3.8, 4) is 5.75 Å². The molecule has 192 valence electrons. The van der Waals surface area contributed by atoms with Crippen LogP contribution in [-0.2, 0) is 29.7 Å². The number of sulfonamides is 1. The van der Waals surface area contributed by atoms with Gasteiger partial charge in [-0.25, -0.2) is 13.9 Å². The average Bonchev–Trinajstić information content (AvgIpc) is 2.82. The number of carbonyl (C=O) groups is 1. The predicted molar refractivity (Wildman–Crippen MR) is 125 cm³/mol. The minimum Gasteiger partial charge on any atom is -0.383 e. The molecule has 1 aromatic rings. The number of likely N-dealkylation sites (tertiary alicyclic amines) is 1. The van der Waals surface area contributed by atoms with Gasteiger partial charge in [0.05, 0.1) is 12.9 Å². The van der Waals surface area contributed by atoms with Gasteiger partial charge in [0.25, 0.3) is 5.91 Å². The summed E-state index contributed by atoms with van der Waals surface area (Å²) in [6.07, 6.45) is 1.12. The fourth-order valence-electron chi connectivity index (χ4n) is 4.38. The highest BCUT2D eigenvalue weighted by molar-refractivity contribution is 7.91. The summed E-state index contributed by atoms with van der Waals surface area (Å²) in [4.78, 5) is 16.7. The Morgan fingerprint density at radius 1 is 1.03 bits per heavy atom. The number of nitrogens with one attached hydrogen (secondary N) is 1. The van der Waals surface area contributed by atoms with E-state index in [1.807, 2.05) is 9.80 Å². The van der Waals surface area contributed by atoms with Gasteiger partial charge in [-0.05, 0) is 37.1 Å². The third-order valence-corrected chi connectivity index (χ3v) is 9.43. The summed E-state index contributed by atoms with van der Waals surface area (Å²) in [7, 11) is -6.07. The Morgan fingerprint density at radius 2 is 1.62 bits per heavy atom. The predicted octanol–water partition coefficient (Wildman–Crippen LogP) is -0.537. The van der Waals surface area contributed by atoms with Crippen LogP contribution < -0.4 is 14.6 Å².